The van der Waals surface area contributed by atoms with Gasteiger partial charge in [0.2, 0.25) is 0 Å². The topological polar surface area (TPSA) is 21.3 Å². The van der Waals surface area contributed by atoms with Gasteiger partial charge in [-0.1, -0.05) is 18.6 Å². The first-order chi connectivity index (χ1) is 5.75. The zero-order valence-corrected chi connectivity index (χ0v) is 7.22. The SMILES string of the molecule is C#CNOc1cccc(C)c1C. The Morgan fingerprint density at radius 1 is 1.42 bits per heavy atom. The third-order valence-electron chi connectivity index (χ3n) is 1.77. The fourth-order valence-corrected chi connectivity index (χ4v) is 0.919. The lowest BCUT2D eigenvalue weighted by molar-refractivity contribution is 0.251. The molecule has 0 aromatic heterocycles. The molecule has 0 unspecified atom stereocenters. The molecule has 0 heterocycles. The summed E-state index contributed by atoms with van der Waals surface area (Å²) in [5, 5.41) is 0. The quantitative estimate of drug-likeness (QED) is 0.405. The summed E-state index contributed by atoms with van der Waals surface area (Å²) in [5.41, 5.74) is 4.64. The molecule has 2 nitrogen and oxygen atoms in total. The Labute approximate surface area is 72.5 Å². The van der Waals surface area contributed by atoms with E-state index in [9.17, 15) is 0 Å². The fraction of sp³-hybridized carbons (Fsp3) is 0.200. The maximum absolute atomic E-state index is 5.08. The number of terminal acetylenes is 1. The van der Waals surface area contributed by atoms with Crippen LogP contribution in [0.4, 0.5) is 0 Å². The number of hydrogen-bond acceptors (Lipinski definition) is 2. The van der Waals surface area contributed by atoms with Crippen LogP contribution >= 0.6 is 0 Å². The summed E-state index contributed by atoms with van der Waals surface area (Å²) >= 11 is 0. The van der Waals surface area contributed by atoms with Gasteiger partial charge in [0.25, 0.3) is 0 Å². The molecule has 0 aliphatic heterocycles. The van der Waals surface area contributed by atoms with Crippen LogP contribution in [0.2, 0.25) is 0 Å². The summed E-state index contributed by atoms with van der Waals surface area (Å²) in [6.45, 7) is 4.01. The molecule has 0 saturated carbocycles. The molecule has 1 aromatic rings. The van der Waals surface area contributed by atoms with Gasteiger partial charge in [-0.3, -0.25) is 0 Å². The Morgan fingerprint density at radius 3 is 2.83 bits per heavy atom. The van der Waals surface area contributed by atoms with E-state index in [-0.39, 0.29) is 0 Å². The second kappa shape index (κ2) is 3.68. The largest absolute Gasteiger partial charge is 0.374 e. The minimum absolute atomic E-state index is 0.771. The highest BCUT2D eigenvalue weighted by Gasteiger charge is 1.99. The third-order valence-corrected chi connectivity index (χ3v) is 1.77. The van der Waals surface area contributed by atoms with Crippen molar-refractivity contribution in [2.24, 2.45) is 0 Å². The Morgan fingerprint density at radius 2 is 2.17 bits per heavy atom. The lowest BCUT2D eigenvalue weighted by atomic mass is 10.1. The van der Waals surface area contributed by atoms with Crippen LogP contribution in [0.3, 0.4) is 0 Å². The Bertz CT molecular complexity index is 312. The predicted molar refractivity (Wildman–Crippen MR) is 48.5 cm³/mol. The summed E-state index contributed by atoms with van der Waals surface area (Å²) in [4.78, 5) is 5.08. The molecular formula is C10H11NO. The van der Waals surface area contributed by atoms with Crippen LogP contribution < -0.4 is 10.3 Å². The minimum atomic E-state index is 0.771. The van der Waals surface area contributed by atoms with E-state index in [4.69, 9.17) is 11.3 Å². The van der Waals surface area contributed by atoms with Crippen LogP contribution in [0.5, 0.6) is 5.75 Å². The predicted octanol–water partition coefficient (Wildman–Crippen LogP) is 1.78. The normalized spacial score (nSPS) is 8.75. The van der Waals surface area contributed by atoms with E-state index in [1.165, 1.54) is 5.56 Å². The van der Waals surface area contributed by atoms with Crippen molar-refractivity contribution in [2.75, 3.05) is 0 Å². The maximum Gasteiger partial charge on any atom is 0.159 e. The first-order valence-electron chi connectivity index (χ1n) is 3.69. The molecule has 1 rings (SSSR count). The molecule has 0 amide bonds. The highest BCUT2D eigenvalue weighted by atomic mass is 16.6. The van der Waals surface area contributed by atoms with Crippen molar-refractivity contribution in [3.8, 4) is 18.2 Å². The van der Waals surface area contributed by atoms with E-state index < -0.39 is 0 Å². The second-order valence-electron chi connectivity index (χ2n) is 2.55. The highest BCUT2D eigenvalue weighted by molar-refractivity contribution is 5.38. The van der Waals surface area contributed by atoms with Crippen LogP contribution in [0.1, 0.15) is 11.1 Å². The van der Waals surface area contributed by atoms with Gasteiger partial charge in [0.05, 0.1) is 0 Å². The van der Waals surface area contributed by atoms with Gasteiger partial charge in [-0.25, -0.2) is 0 Å². The van der Waals surface area contributed by atoms with Crippen molar-refractivity contribution < 1.29 is 4.84 Å². The average molecular weight is 161 g/mol. The van der Waals surface area contributed by atoms with Crippen LogP contribution in [-0.2, 0) is 0 Å². The van der Waals surface area contributed by atoms with Crippen molar-refractivity contribution in [2.45, 2.75) is 13.8 Å². The van der Waals surface area contributed by atoms with E-state index in [1.54, 1.807) is 0 Å². The van der Waals surface area contributed by atoms with Crippen molar-refractivity contribution in [3.05, 3.63) is 29.3 Å². The number of hydroxylamine groups is 1. The van der Waals surface area contributed by atoms with Gasteiger partial charge in [-0.2, -0.15) is 5.48 Å². The molecule has 0 spiro atoms. The lowest BCUT2D eigenvalue weighted by Crippen LogP contribution is -2.11. The van der Waals surface area contributed by atoms with E-state index in [2.05, 4.69) is 11.5 Å². The summed E-state index contributed by atoms with van der Waals surface area (Å²) in [7, 11) is 0. The molecule has 2 heteroatoms. The number of hydrogen-bond donors (Lipinski definition) is 1. The molecule has 1 N–H and O–H groups in total. The van der Waals surface area contributed by atoms with Gasteiger partial charge >= 0.3 is 0 Å². The van der Waals surface area contributed by atoms with E-state index in [1.807, 2.05) is 32.0 Å². The molecule has 0 radical (unpaired) electrons. The molecule has 0 aliphatic carbocycles. The molecule has 0 fully saturated rings. The Hall–Kier alpha value is -1.62. The lowest BCUT2D eigenvalue weighted by Gasteiger charge is -2.07. The van der Waals surface area contributed by atoms with Gasteiger partial charge in [0, 0.05) is 6.04 Å². The highest BCUT2D eigenvalue weighted by Crippen LogP contribution is 2.19. The van der Waals surface area contributed by atoms with Gasteiger partial charge in [-0.15, -0.1) is 0 Å². The summed E-state index contributed by atoms with van der Waals surface area (Å²) in [5.74, 6) is 0.771. The van der Waals surface area contributed by atoms with Gasteiger partial charge in [0.1, 0.15) is 0 Å². The van der Waals surface area contributed by atoms with Gasteiger partial charge in [-0.05, 0) is 31.0 Å². The second-order valence-corrected chi connectivity index (χ2v) is 2.55. The van der Waals surface area contributed by atoms with Crippen molar-refractivity contribution in [1.82, 2.24) is 5.48 Å². The zero-order valence-electron chi connectivity index (χ0n) is 7.22. The van der Waals surface area contributed by atoms with Crippen molar-refractivity contribution >= 4 is 0 Å². The van der Waals surface area contributed by atoms with E-state index in [0.717, 1.165) is 11.3 Å². The van der Waals surface area contributed by atoms with E-state index >= 15 is 0 Å². The van der Waals surface area contributed by atoms with Crippen LogP contribution in [0, 0.1) is 26.3 Å². The van der Waals surface area contributed by atoms with Crippen LogP contribution in [-0.4, -0.2) is 0 Å². The van der Waals surface area contributed by atoms with Gasteiger partial charge < -0.3 is 4.84 Å². The monoisotopic (exact) mass is 161 g/mol. The Balaban J connectivity index is 2.86. The van der Waals surface area contributed by atoms with E-state index in [0.29, 0.717) is 0 Å². The molecule has 0 bridgehead atoms. The smallest absolute Gasteiger partial charge is 0.159 e. The first-order valence-corrected chi connectivity index (χ1v) is 3.69. The summed E-state index contributed by atoms with van der Waals surface area (Å²) in [6.07, 6.45) is 4.98. The first kappa shape index (κ1) is 8.48. The fourth-order valence-electron chi connectivity index (χ4n) is 0.919. The zero-order chi connectivity index (χ0) is 8.97. The van der Waals surface area contributed by atoms with Gasteiger partial charge in [0.15, 0.2) is 5.75 Å². The molecule has 0 aliphatic rings. The molecule has 1 aromatic carbocycles. The standard InChI is InChI=1S/C10H11NO/c1-4-11-12-10-7-5-6-8(2)9(10)3/h1,5-7,11H,2-3H3. The molecule has 62 valence electrons. The Kier molecular flexibility index (Phi) is 2.60. The molecule has 0 saturated heterocycles. The minimum Gasteiger partial charge on any atom is -0.374 e. The average Bonchev–Trinajstić information content (AvgIpc) is 2.08. The maximum atomic E-state index is 5.08. The number of rotatable bonds is 2. The molecular weight excluding hydrogens is 150 g/mol. The molecule has 0 atom stereocenters. The number of aryl methyl sites for hydroxylation is 1. The van der Waals surface area contributed by atoms with Crippen molar-refractivity contribution in [3.63, 3.8) is 0 Å². The summed E-state index contributed by atoms with van der Waals surface area (Å²) < 4.78 is 0. The number of nitrogens with one attached hydrogen (secondary N) is 1. The van der Waals surface area contributed by atoms with Crippen LogP contribution in [0.25, 0.3) is 0 Å². The van der Waals surface area contributed by atoms with Crippen LogP contribution in [0.15, 0.2) is 18.2 Å². The number of benzene rings is 1. The third kappa shape index (κ3) is 1.70. The van der Waals surface area contributed by atoms with Crippen molar-refractivity contribution in [1.29, 1.82) is 0 Å². The summed E-state index contributed by atoms with van der Waals surface area (Å²) in [6, 6.07) is 8.01. The molecule has 12 heavy (non-hydrogen) atoms.